The number of anilines is 2. The van der Waals surface area contributed by atoms with E-state index in [9.17, 15) is 4.79 Å². The highest BCUT2D eigenvalue weighted by Crippen LogP contribution is 2.25. The summed E-state index contributed by atoms with van der Waals surface area (Å²) in [5.74, 6) is 0. The maximum absolute atomic E-state index is 11.1. The molecule has 0 amide bonds. The molecular formula is C14H13NO. The van der Waals surface area contributed by atoms with Crippen LogP contribution in [0.5, 0.6) is 0 Å². The summed E-state index contributed by atoms with van der Waals surface area (Å²) in [5, 5.41) is 0. The molecule has 0 heterocycles. The molecule has 2 aromatic carbocycles. The lowest BCUT2D eigenvalue weighted by Gasteiger charge is -2.20. The number of para-hydroxylation sites is 2. The first-order valence-electron chi connectivity index (χ1n) is 7.25. The second kappa shape index (κ2) is 4.62. The highest BCUT2D eigenvalue weighted by molar-refractivity contribution is 5.86. The Labute approximate surface area is 102 Å². The second-order valence-electron chi connectivity index (χ2n) is 3.21. The molecule has 16 heavy (non-hydrogen) atoms. The van der Waals surface area contributed by atoms with E-state index in [1.54, 1.807) is 31.3 Å². The first-order valence-corrected chi connectivity index (χ1v) is 4.75. The van der Waals surface area contributed by atoms with Gasteiger partial charge in [0.25, 0.3) is 0 Å². The number of hydrogen-bond acceptors (Lipinski definition) is 2. The van der Waals surface area contributed by atoms with Gasteiger partial charge in [-0.25, -0.2) is 0 Å². The first-order chi connectivity index (χ1) is 9.90. The normalized spacial score (nSPS) is 14.2. The monoisotopic (exact) mass is 216 g/mol. The molecule has 2 aromatic rings. The van der Waals surface area contributed by atoms with E-state index in [-0.39, 0.29) is 17.8 Å². The number of carbonyl (C=O) groups excluding carboxylic acids is 1. The molecule has 0 bridgehead atoms. The van der Waals surface area contributed by atoms with Gasteiger partial charge in [0, 0.05) is 18.3 Å². The van der Waals surface area contributed by atoms with E-state index in [1.807, 2.05) is 0 Å². The predicted molar refractivity (Wildman–Crippen MR) is 66.3 cm³/mol. The molecule has 0 aliphatic carbocycles. The number of benzene rings is 2. The summed E-state index contributed by atoms with van der Waals surface area (Å²) in [6, 6.07) is 4.83. The maximum Gasteiger partial charge on any atom is 0.152 e. The fraction of sp³-hybridized carbons (Fsp3) is 0.0714. The quantitative estimate of drug-likeness (QED) is 0.734. The predicted octanol–water partition coefficient (Wildman–Crippen LogP) is 3.27. The summed E-state index contributed by atoms with van der Waals surface area (Å²) < 4.78 is 38.8. The van der Waals surface area contributed by atoms with Crippen LogP contribution >= 0.6 is 0 Å². The maximum atomic E-state index is 11.1. The smallest absolute Gasteiger partial charge is 0.152 e. The highest BCUT2D eigenvalue weighted by atomic mass is 16.1. The van der Waals surface area contributed by atoms with E-state index in [2.05, 4.69) is 0 Å². The number of rotatable bonds is 3. The van der Waals surface area contributed by atoms with Gasteiger partial charge in [0.15, 0.2) is 6.29 Å². The lowest BCUT2D eigenvalue weighted by Crippen LogP contribution is -2.11. The summed E-state index contributed by atoms with van der Waals surface area (Å²) >= 11 is 0. The zero-order chi connectivity index (χ0) is 15.7. The third kappa shape index (κ3) is 1.96. The number of nitrogens with zero attached hydrogens (tertiary/aromatic N) is 1. The van der Waals surface area contributed by atoms with Gasteiger partial charge in [-0.1, -0.05) is 30.3 Å². The Hall–Kier alpha value is -2.09. The second-order valence-corrected chi connectivity index (χ2v) is 3.21. The van der Waals surface area contributed by atoms with Crippen LogP contribution in [0, 0.1) is 0 Å². The third-order valence-electron chi connectivity index (χ3n) is 2.25. The Bertz CT molecular complexity index is 688. The molecule has 0 fully saturated rings. The molecule has 0 saturated carbocycles. The van der Waals surface area contributed by atoms with Crippen LogP contribution in [0.2, 0.25) is 0 Å². The van der Waals surface area contributed by atoms with Crippen molar-refractivity contribution in [3.63, 3.8) is 0 Å². The van der Waals surface area contributed by atoms with Crippen molar-refractivity contribution in [3.8, 4) is 0 Å². The van der Waals surface area contributed by atoms with Gasteiger partial charge in [0.05, 0.1) is 12.5 Å². The van der Waals surface area contributed by atoms with Crippen LogP contribution in [0.4, 0.5) is 11.4 Å². The van der Waals surface area contributed by atoms with Gasteiger partial charge in [0.2, 0.25) is 0 Å². The molecule has 0 aliphatic rings. The zero-order valence-electron chi connectivity index (χ0n) is 13.7. The van der Waals surface area contributed by atoms with E-state index < -0.39 is 18.1 Å². The van der Waals surface area contributed by atoms with Gasteiger partial charge in [-0.15, -0.1) is 0 Å². The van der Waals surface area contributed by atoms with Crippen LogP contribution in [-0.4, -0.2) is 13.3 Å². The topological polar surface area (TPSA) is 20.3 Å². The van der Waals surface area contributed by atoms with Crippen molar-refractivity contribution in [2.45, 2.75) is 0 Å². The van der Waals surface area contributed by atoms with Gasteiger partial charge < -0.3 is 4.90 Å². The molecule has 2 nitrogen and oxygen atoms in total. The Balaban J connectivity index is 2.70. The average molecular weight is 216 g/mol. The number of carbonyl (C=O) groups is 1. The lowest BCUT2D eigenvalue weighted by molar-refractivity contribution is 0.112. The molecule has 0 atom stereocenters. The van der Waals surface area contributed by atoms with Crippen LogP contribution in [0.3, 0.4) is 0 Å². The number of aldehydes is 1. The molecule has 0 aliphatic heterocycles. The number of hydrogen-bond donors (Lipinski definition) is 0. The van der Waals surface area contributed by atoms with Crippen molar-refractivity contribution in [3.05, 3.63) is 60.0 Å². The van der Waals surface area contributed by atoms with Gasteiger partial charge in [-0.05, 0) is 24.2 Å². The summed E-state index contributed by atoms with van der Waals surface area (Å²) in [6.07, 6.45) is 0.668. The molecule has 0 radical (unpaired) electrons. The van der Waals surface area contributed by atoms with Gasteiger partial charge >= 0.3 is 0 Å². The van der Waals surface area contributed by atoms with Crippen LogP contribution in [0.1, 0.15) is 17.2 Å². The van der Waals surface area contributed by atoms with Crippen molar-refractivity contribution in [1.29, 1.82) is 0 Å². The van der Waals surface area contributed by atoms with Crippen molar-refractivity contribution in [2.75, 3.05) is 11.9 Å². The molecule has 2 rings (SSSR count). The fourth-order valence-electron chi connectivity index (χ4n) is 1.42. The molecule has 0 N–H and O–H groups in total. The van der Waals surface area contributed by atoms with Crippen LogP contribution in [-0.2, 0) is 0 Å². The molecule has 2 heteroatoms. The Morgan fingerprint density at radius 1 is 1.19 bits per heavy atom. The molecule has 0 spiro atoms. The summed E-state index contributed by atoms with van der Waals surface area (Å²) in [7, 11) is 1.57. The summed E-state index contributed by atoms with van der Waals surface area (Å²) in [5.41, 5.74) is 0.896. The zero-order valence-corrected chi connectivity index (χ0v) is 8.74. The average Bonchev–Trinajstić information content (AvgIpc) is 2.51. The standard InChI is InChI=1S/C14H13NO/c1-15(13-8-3-2-4-9-13)14-10-6-5-7-12(14)11-16/h2-11H,1H3/i2D,3D,4D,8D,9D. The fourth-order valence-corrected chi connectivity index (χ4v) is 1.42. The summed E-state index contributed by atoms with van der Waals surface area (Å²) in [4.78, 5) is 12.5. The van der Waals surface area contributed by atoms with Crippen molar-refractivity contribution in [1.82, 2.24) is 0 Å². The highest BCUT2D eigenvalue weighted by Gasteiger charge is 2.07. The Morgan fingerprint density at radius 2 is 1.88 bits per heavy atom. The van der Waals surface area contributed by atoms with Crippen LogP contribution < -0.4 is 4.90 Å². The van der Waals surface area contributed by atoms with Crippen molar-refractivity contribution < 1.29 is 11.6 Å². The lowest BCUT2D eigenvalue weighted by atomic mass is 10.1. The minimum absolute atomic E-state index is 0.0373. The van der Waals surface area contributed by atoms with E-state index >= 15 is 0 Å². The van der Waals surface area contributed by atoms with Gasteiger partial charge in [0.1, 0.15) is 0 Å². The molecule has 0 aromatic heterocycles. The Kier molecular flexibility index (Phi) is 1.69. The van der Waals surface area contributed by atoms with E-state index in [4.69, 9.17) is 6.85 Å². The van der Waals surface area contributed by atoms with Gasteiger partial charge in [-0.2, -0.15) is 0 Å². The van der Waals surface area contributed by atoms with E-state index in [0.29, 0.717) is 17.5 Å². The van der Waals surface area contributed by atoms with E-state index in [0.717, 1.165) is 0 Å². The minimum atomic E-state index is -0.439. The first kappa shape index (κ1) is 5.85. The van der Waals surface area contributed by atoms with Crippen molar-refractivity contribution in [2.24, 2.45) is 0 Å². The largest absolute Gasteiger partial charge is 0.344 e. The summed E-state index contributed by atoms with van der Waals surface area (Å²) in [6.45, 7) is 0. The molecule has 0 saturated heterocycles. The SMILES string of the molecule is [2H]c1c([2H])c([2H])c(N(C)c2ccccc2C=O)c([2H])c1[2H]. The van der Waals surface area contributed by atoms with Crippen LogP contribution in [0.15, 0.2) is 54.5 Å². The van der Waals surface area contributed by atoms with Crippen LogP contribution in [0.25, 0.3) is 0 Å². The Morgan fingerprint density at radius 3 is 2.56 bits per heavy atom. The molecular weight excluding hydrogens is 198 g/mol. The molecule has 80 valence electrons. The third-order valence-corrected chi connectivity index (χ3v) is 2.25. The van der Waals surface area contributed by atoms with E-state index in [1.165, 1.54) is 4.90 Å². The van der Waals surface area contributed by atoms with Gasteiger partial charge in [-0.3, -0.25) is 4.79 Å². The minimum Gasteiger partial charge on any atom is -0.344 e. The molecule has 0 unspecified atom stereocenters. The van der Waals surface area contributed by atoms with Crippen molar-refractivity contribution >= 4 is 17.7 Å².